The topological polar surface area (TPSA) is 57.0 Å². The normalized spacial score (nSPS) is 10.1. The maximum absolute atomic E-state index is 12.1. The minimum Gasteiger partial charge on any atom is -0.480 e. The molecule has 0 saturated carbocycles. The summed E-state index contributed by atoms with van der Waals surface area (Å²) in [5.74, 6) is 0.485. The highest BCUT2D eigenvalue weighted by Gasteiger charge is 2.18. The van der Waals surface area contributed by atoms with Gasteiger partial charge in [0.2, 0.25) is 11.7 Å². The van der Waals surface area contributed by atoms with Crippen LogP contribution in [-0.2, 0) is 7.05 Å². The van der Waals surface area contributed by atoms with Gasteiger partial charge in [-0.15, -0.1) is 0 Å². The average Bonchev–Trinajstić information content (AvgIpc) is 2.74. The lowest BCUT2D eigenvalue weighted by Crippen LogP contribution is -2.10. The molecule has 0 saturated heterocycles. The number of imidazole rings is 1. The number of methoxy groups -OCH3 is 1. The number of pyridine rings is 1. The minimum atomic E-state index is -0.197. The van der Waals surface area contributed by atoms with Crippen LogP contribution in [0.5, 0.6) is 5.88 Å². The third-order valence-electron chi connectivity index (χ3n) is 2.23. The monoisotopic (exact) mass is 217 g/mol. The van der Waals surface area contributed by atoms with E-state index in [0.717, 1.165) is 0 Å². The van der Waals surface area contributed by atoms with Crippen molar-refractivity contribution in [1.29, 1.82) is 0 Å². The number of aryl methyl sites for hydroxylation is 1. The summed E-state index contributed by atoms with van der Waals surface area (Å²) in [6.07, 6.45) is 4.88. The third-order valence-corrected chi connectivity index (χ3v) is 2.23. The highest BCUT2D eigenvalue weighted by molar-refractivity contribution is 6.08. The summed E-state index contributed by atoms with van der Waals surface area (Å²) in [7, 11) is 3.25. The predicted octanol–water partition coefficient (Wildman–Crippen LogP) is 1.05. The van der Waals surface area contributed by atoms with Gasteiger partial charge in [0.25, 0.3) is 0 Å². The summed E-state index contributed by atoms with van der Waals surface area (Å²) < 4.78 is 6.70. The van der Waals surface area contributed by atoms with Crippen LogP contribution < -0.4 is 4.74 Å². The number of nitrogens with zero attached hydrogens (tertiary/aromatic N) is 3. The fourth-order valence-electron chi connectivity index (χ4n) is 1.43. The van der Waals surface area contributed by atoms with E-state index in [1.54, 1.807) is 42.3 Å². The lowest BCUT2D eigenvalue weighted by molar-refractivity contribution is 0.102. The second-order valence-corrected chi connectivity index (χ2v) is 3.25. The van der Waals surface area contributed by atoms with E-state index in [-0.39, 0.29) is 5.78 Å². The van der Waals surface area contributed by atoms with Crippen LogP contribution in [0.2, 0.25) is 0 Å². The molecule has 2 aromatic rings. The Labute approximate surface area is 92.7 Å². The summed E-state index contributed by atoms with van der Waals surface area (Å²) in [5, 5.41) is 0. The van der Waals surface area contributed by atoms with Gasteiger partial charge in [0, 0.05) is 25.6 Å². The summed E-state index contributed by atoms with van der Waals surface area (Å²) in [5.41, 5.74) is 0.416. The maximum Gasteiger partial charge on any atom is 0.233 e. The molecule has 5 heteroatoms. The molecule has 2 aromatic heterocycles. The van der Waals surface area contributed by atoms with Crippen LogP contribution in [0.15, 0.2) is 30.7 Å². The van der Waals surface area contributed by atoms with E-state index in [2.05, 4.69) is 9.97 Å². The van der Waals surface area contributed by atoms with Crippen molar-refractivity contribution in [3.8, 4) is 5.88 Å². The van der Waals surface area contributed by atoms with Crippen LogP contribution in [0, 0.1) is 0 Å². The van der Waals surface area contributed by atoms with Crippen molar-refractivity contribution >= 4 is 5.78 Å². The molecule has 2 heterocycles. The van der Waals surface area contributed by atoms with E-state index in [4.69, 9.17) is 4.74 Å². The van der Waals surface area contributed by atoms with Crippen LogP contribution in [0.3, 0.4) is 0 Å². The van der Waals surface area contributed by atoms with Crippen molar-refractivity contribution in [2.45, 2.75) is 0 Å². The average molecular weight is 217 g/mol. The highest BCUT2D eigenvalue weighted by Crippen LogP contribution is 2.17. The number of ketones is 1. The number of hydrogen-bond acceptors (Lipinski definition) is 4. The van der Waals surface area contributed by atoms with Gasteiger partial charge in [0.05, 0.1) is 12.7 Å². The van der Waals surface area contributed by atoms with Gasteiger partial charge in [-0.05, 0) is 12.1 Å². The van der Waals surface area contributed by atoms with E-state index in [9.17, 15) is 4.79 Å². The lowest BCUT2D eigenvalue weighted by Gasteiger charge is -2.05. The summed E-state index contributed by atoms with van der Waals surface area (Å²) in [6.45, 7) is 0. The molecular formula is C11H11N3O2. The highest BCUT2D eigenvalue weighted by atomic mass is 16.5. The summed E-state index contributed by atoms with van der Waals surface area (Å²) >= 11 is 0. The Morgan fingerprint density at radius 2 is 2.19 bits per heavy atom. The van der Waals surface area contributed by atoms with Crippen molar-refractivity contribution < 1.29 is 9.53 Å². The Morgan fingerprint density at radius 3 is 2.81 bits per heavy atom. The van der Waals surface area contributed by atoms with Gasteiger partial charge >= 0.3 is 0 Å². The molecule has 0 fully saturated rings. The molecule has 0 N–H and O–H groups in total. The first-order valence-electron chi connectivity index (χ1n) is 4.75. The Bertz CT molecular complexity index is 519. The molecule has 0 aliphatic carbocycles. The Hall–Kier alpha value is -2.17. The van der Waals surface area contributed by atoms with E-state index in [1.165, 1.54) is 7.11 Å². The van der Waals surface area contributed by atoms with E-state index in [0.29, 0.717) is 17.3 Å². The van der Waals surface area contributed by atoms with Gasteiger partial charge in [-0.1, -0.05) is 0 Å². The number of ether oxygens (including phenoxy) is 1. The molecule has 0 bridgehead atoms. The van der Waals surface area contributed by atoms with Gasteiger partial charge in [-0.3, -0.25) is 4.79 Å². The molecule has 82 valence electrons. The Kier molecular flexibility index (Phi) is 2.68. The molecule has 0 aromatic carbocycles. The molecule has 0 spiro atoms. The van der Waals surface area contributed by atoms with Crippen molar-refractivity contribution in [3.05, 3.63) is 42.1 Å². The molecule has 16 heavy (non-hydrogen) atoms. The van der Waals surface area contributed by atoms with Crippen LogP contribution in [0.4, 0.5) is 0 Å². The Morgan fingerprint density at radius 1 is 1.38 bits per heavy atom. The van der Waals surface area contributed by atoms with Crippen LogP contribution in [0.1, 0.15) is 16.2 Å². The first-order valence-corrected chi connectivity index (χ1v) is 4.75. The van der Waals surface area contributed by atoms with Crippen LogP contribution >= 0.6 is 0 Å². The zero-order valence-electron chi connectivity index (χ0n) is 9.04. The zero-order chi connectivity index (χ0) is 11.5. The predicted molar refractivity (Wildman–Crippen MR) is 57.4 cm³/mol. The first kappa shape index (κ1) is 10.4. The Balaban J connectivity index is 2.46. The zero-order valence-corrected chi connectivity index (χ0v) is 9.04. The third kappa shape index (κ3) is 1.67. The summed E-state index contributed by atoms with van der Waals surface area (Å²) in [6, 6.07) is 3.36. The van der Waals surface area contributed by atoms with Crippen molar-refractivity contribution in [2.75, 3.05) is 7.11 Å². The van der Waals surface area contributed by atoms with Gasteiger partial charge in [-0.2, -0.15) is 0 Å². The second-order valence-electron chi connectivity index (χ2n) is 3.25. The molecule has 5 nitrogen and oxygen atoms in total. The number of rotatable bonds is 3. The molecule has 0 atom stereocenters. The molecule has 2 rings (SSSR count). The van der Waals surface area contributed by atoms with Crippen molar-refractivity contribution in [1.82, 2.24) is 14.5 Å². The SMILES string of the molecule is COc1ncccc1C(=O)c1nccn1C. The van der Waals surface area contributed by atoms with Crippen molar-refractivity contribution in [2.24, 2.45) is 7.05 Å². The van der Waals surface area contributed by atoms with Crippen LogP contribution in [-0.4, -0.2) is 27.4 Å². The first-order chi connectivity index (χ1) is 7.74. The lowest BCUT2D eigenvalue weighted by atomic mass is 10.1. The minimum absolute atomic E-state index is 0.197. The fraction of sp³-hybridized carbons (Fsp3) is 0.182. The largest absolute Gasteiger partial charge is 0.480 e. The van der Waals surface area contributed by atoms with Gasteiger partial charge in [0.1, 0.15) is 0 Å². The quantitative estimate of drug-likeness (QED) is 0.721. The van der Waals surface area contributed by atoms with E-state index >= 15 is 0 Å². The second kappa shape index (κ2) is 4.14. The van der Waals surface area contributed by atoms with E-state index in [1.807, 2.05) is 0 Å². The van der Waals surface area contributed by atoms with Gasteiger partial charge < -0.3 is 9.30 Å². The molecule has 0 aliphatic rings. The smallest absolute Gasteiger partial charge is 0.233 e. The molecule has 0 amide bonds. The standard InChI is InChI=1S/C11H11N3O2/c1-14-7-6-12-10(14)9(15)8-4-3-5-13-11(8)16-2/h3-7H,1-2H3. The maximum atomic E-state index is 12.1. The number of hydrogen-bond donors (Lipinski definition) is 0. The molecule has 0 radical (unpaired) electrons. The van der Waals surface area contributed by atoms with E-state index < -0.39 is 0 Å². The van der Waals surface area contributed by atoms with Gasteiger partial charge in [0.15, 0.2) is 5.82 Å². The molecular weight excluding hydrogens is 206 g/mol. The number of carbonyl (C=O) groups excluding carboxylic acids is 1. The van der Waals surface area contributed by atoms with Crippen LogP contribution in [0.25, 0.3) is 0 Å². The number of carbonyl (C=O) groups is 1. The van der Waals surface area contributed by atoms with Crippen molar-refractivity contribution in [3.63, 3.8) is 0 Å². The van der Waals surface area contributed by atoms with Gasteiger partial charge in [-0.25, -0.2) is 9.97 Å². The molecule has 0 aliphatic heterocycles. The fourth-order valence-corrected chi connectivity index (χ4v) is 1.43. The molecule has 0 unspecified atom stereocenters. The summed E-state index contributed by atoms with van der Waals surface area (Å²) in [4.78, 5) is 20.1. The number of aromatic nitrogens is 3.